The first-order valence-electron chi connectivity index (χ1n) is 10.1. The minimum atomic E-state index is -4.84. The van der Waals surface area contributed by atoms with Crippen molar-refractivity contribution < 1.29 is 32.8 Å². The largest absolute Gasteiger partial charge is 2.00 e. The SMILES string of the molecule is O=C(O)CC(C(=O)O)S(=O)(=O)O.[CH2-]CCCCCCC.[CH2-]CCCCCCC.[Ca+2]. The summed E-state index contributed by atoms with van der Waals surface area (Å²) in [7, 11) is -4.84. The zero-order chi connectivity index (χ0) is 22.4. The average molecular weight is 465 g/mol. The minimum absolute atomic E-state index is 0. The third kappa shape index (κ3) is 33.0. The normalized spacial score (nSPS) is 11.1. The molecular weight excluding hydrogens is 424 g/mol. The molecule has 0 aliphatic carbocycles. The van der Waals surface area contributed by atoms with Crippen molar-refractivity contribution in [3.05, 3.63) is 13.8 Å². The summed E-state index contributed by atoms with van der Waals surface area (Å²) in [6, 6.07) is 0. The van der Waals surface area contributed by atoms with Crippen molar-refractivity contribution >= 4 is 59.8 Å². The predicted octanol–water partition coefficient (Wildman–Crippen LogP) is 4.78. The van der Waals surface area contributed by atoms with E-state index in [1.54, 1.807) is 0 Å². The molecule has 0 spiro atoms. The first-order valence-corrected chi connectivity index (χ1v) is 11.6. The van der Waals surface area contributed by atoms with Gasteiger partial charge in [0.1, 0.15) is 0 Å². The summed E-state index contributed by atoms with van der Waals surface area (Å²) < 4.78 is 28.7. The number of carbonyl (C=O) groups is 2. The smallest absolute Gasteiger partial charge is 0.481 e. The van der Waals surface area contributed by atoms with Crippen molar-refractivity contribution in [3.63, 3.8) is 0 Å². The Bertz CT molecular complexity index is 443. The Hall–Kier alpha value is 0.110. The molecule has 9 heteroatoms. The second-order valence-corrected chi connectivity index (χ2v) is 8.07. The Morgan fingerprint density at radius 3 is 1.31 bits per heavy atom. The summed E-state index contributed by atoms with van der Waals surface area (Å²) in [6.45, 7) is 12.0. The van der Waals surface area contributed by atoms with Crippen LogP contribution in [0.3, 0.4) is 0 Å². The van der Waals surface area contributed by atoms with Crippen molar-refractivity contribution in [1.82, 2.24) is 0 Å². The predicted molar refractivity (Wildman–Crippen MR) is 118 cm³/mol. The Morgan fingerprint density at radius 1 is 0.793 bits per heavy atom. The fraction of sp³-hybridized carbons (Fsp3) is 0.800. The van der Waals surface area contributed by atoms with Gasteiger partial charge in [-0.25, -0.2) is 0 Å². The molecule has 0 rings (SSSR count). The van der Waals surface area contributed by atoms with Gasteiger partial charge in [0.25, 0.3) is 10.1 Å². The second-order valence-electron chi connectivity index (χ2n) is 6.48. The van der Waals surface area contributed by atoms with E-state index in [0.29, 0.717) is 0 Å². The molecule has 0 aromatic rings. The van der Waals surface area contributed by atoms with Gasteiger partial charge < -0.3 is 24.1 Å². The van der Waals surface area contributed by atoms with Crippen molar-refractivity contribution in [2.75, 3.05) is 0 Å². The topological polar surface area (TPSA) is 129 Å². The fourth-order valence-electron chi connectivity index (χ4n) is 2.04. The van der Waals surface area contributed by atoms with Crippen molar-refractivity contribution in [3.8, 4) is 0 Å². The molecule has 0 aliphatic rings. The van der Waals surface area contributed by atoms with Crippen LogP contribution in [-0.2, 0) is 19.7 Å². The maximum absolute atomic E-state index is 10.2. The maximum Gasteiger partial charge on any atom is 2.00 e. The Morgan fingerprint density at radius 2 is 1.14 bits per heavy atom. The fourth-order valence-corrected chi connectivity index (χ4v) is 2.65. The van der Waals surface area contributed by atoms with Gasteiger partial charge in [0.15, 0.2) is 5.25 Å². The van der Waals surface area contributed by atoms with Gasteiger partial charge in [-0.1, -0.05) is 78.1 Å². The monoisotopic (exact) mass is 464 g/mol. The molecule has 0 aromatic heterocycles. The average Bonchev–Trinajstić information content (AvgIpc) is 2.60. The molecule has 0 radical (unpaired) electrons. The molecular formula is C20H40CaO7S. The van der Waals surface area contributed by atoms with Gasteiger partial charge in [-0.15, -0.1) is 0 Å². The molecule has 0 amide bonds. The Balaban J connectivity index is -0.000000164. The molecule has 29 heavy (non-hydrogen) atoms. The minimum Gasteiger partial charge on any atom is -0.481 e. The van der Waals surface area contributed by atoms with E-state index in [2.05, 4.69) is 27.7 Å². The Labute approximate surface area is 207 Å². The van der Waals surface area contributed by atoms with Crippen LogP contribution in [-0.4, -0.2) is 78.1 Å². The van der Waals surface area contributed by atoms with E-state index >= 15 is 0 Å². The first kappa shape index (κ1) is 36.5. The van der Waals surface area contributed by atoms with Gasteiger partial charge in [-0.3, -0.25) is 14.1 Å². The molecule has 0 saturated heterocycles. The van der Waals surface area contributed by atoms with Crippen LogP contribution in [0.2, 0.25) is 0 Å². The van der Waals surface area contributed by atoms with Crippen molar-refractivity contribution in [1.29, 1.82) is 0 Å². The molecule has 0 aliphatic heterocycles. The molecule has 1 atom stereocenters. The number of rotatable bonds is 14. The van der Waals surface area contributed by atoms with Gasteiger partial charge in [-0.2, -0.15) is 21.3 Å². The zero-order valence-electron chi connectivity index (χ0n) is 18.3. The quantitative estimate of drug-likeness (QED) is 0.146. The van der Waals surface area contributed by atoms with Crippen molar-refractivity contribution in [2.24, 2.45) is 0 Å². The van der Waals surface area contributed by atoms with Crippen LogP contribution < -0.4 is 0 Å². The van der Waals surface area contributed by atoms with E-state index in [1.807, 2.05) is 0 Å². The van der Waals surface area contributed by atoms with Gasteiger partial charge >= 0.3 is 49.7 Å². The molecule has 0 aromatic carbocycles. The molecule has 0 fully saturated rings. The zero-order valence-corrected chi connectivity index (χ0v) is 21.3. The van der Waals surface area contributed by atoms with E-state index in [9.17, 15) is 18.0 Å². The Kier molecular flexibility index (Phi) is 32.9. The van der Waals surface area contributed by atoms with Crippen LogP contribution in [0.25, 0.3) is 0 Å². The van der Waals surface area contributed by atoms with Gasteiger partial charge in [-0.05, 0) is 0 Å². The summed E-state index contributed by atoms with van der Waals surface area (Å²) in [4.78, 5) is 20.0. The van der Waals surface area contributed by atoms with Gasteiger partial charge in [0.05, 0.1) is 6.42 Å². The molecule has 1 unspecified atom stereocenters. The first-order chi connectivity index (χ1) is 13.1. The van der Waals surface area contributed by atoms with E-state index in [-0.39, 0.29) is 37.7 Å². The van der Waals surface area contributed by atoms with Gasteiger partial charge in [0.2, 0.25) is 0 Å². The summed E-state index contributed by atoms with van der Waals surface area (Å²) in [5.41, 5.74) is 0. The third-order valence-electron chi connectivity index (χ3n) is 3.70. The van der Waals surface area contributed by atoms with E-state index < -0.39 is 33.7 Å². The number of aliphatic carboxylic acids is 2. The summed E-state index contributed by atoms with van der Waals surface area (Å²) in [5, 5.41) is 13.9. The maximum atomic E-state index is 10.2. The number of carboxylic acid groups (broad SMARTS) is 2. The summed E-state index contributed by atoms with van der Waals surface area (Å²) >= 11 is 0. The second kappa shape index (κ2) is 26.1. The van der Waals surface area contributed by atoms with Crippen molar-refractivity contribution in [2.45, 2.75) is 103 Å². The van der Waals surface area contributed by atoms with Crippen LogP contribution in [0, 0.1) is 13.8 Å². The summed E-state index contributed by atoms with van der Waals surface area (Å²) in [5.74, 6) is -3.50. The number of unbranched alkanes of at least 4 members (excludes halogenated alkanes) is 10. The van der Waals surface area contributed by atoms with Gasteiger partial charge in [0, 0.05) is 0 Å². The third-order valence-corrected chi connectivity index (χ3v) is 4.79. The number of hydrogen-bond donors (Lipinski definition) is 3. The molecule has 3 N–H and O–H groups in total. The van der Waals surface area contributed by atoms with Crippen LogP contribution in [0.5, 0.6) is 0 Å². The molecule has 0 saturated carbocycles. The van der Waals surface area contributed by atoms with Crippen LogP contribution in [0.1, 0.15) is 97.3 Å². The van der Waals surface area contributed by atoms with Crippen LogP contribution >= 0.6 is 0 Å². The standard InChI is InChI=1S/2C8H17.C4H6O7S.Ca/c2*1-3-5-7-8-6-4-2;5-3(6)1-2(4(7)8)12(9,10)11;/h2*1,3-8H2,2H3;2H,1H2,(H,5,6)(H,7,8)(H,9,10,11);/q2*-1;;+2. The van der Waals surface area contributed by atoms with Crippen LogP contribution in [0.4, 0.5) is 0 Å². The molecule has 170 valence electrons. The number of hydrogen-bond acceptors (Lipinski definition) is 4. The van der Waals surface area contributed by atoms with E-state index in [1.165, 1.54) is 64.2 Å². The molecule has 7 nitrogen and oxygen atoms in total. The summed E-state index contributed by atoms with van der Waals surface area (Å²) in [6.07, 6.45) is 14.8. The van der Waals surface area contributed by atoms with Crippen LogP contribution in [0.15, 0.2) is 0 Å². The van der Waals surface area contributed by atoms with E-state index in [0.717, 1.165) is 12.8 Å². The number of carboxylic acids is 2. The van der Waals surface area contributed by atoms with E-state index in [4.69, 9.17) is 14.8 Å². The molecule has 0 bridgehead atoms. The molecule has 0 heterocycles.